The summed E-state index contributed by atoms with van der Waals surface area (Å²) in [5.74, 6) is 0.469. The Hall–Kier alpha value is -0.877. The maximum absolute atomic E-state index is 6.78. The van der Waals surface area contributed by atoms with Gasteiger partial charge in [0.25, 0.3) is 0 Å². The molecule has 0 saturated carbocycles. The topological polar surface area (TPSA) is 0 Å². The Morgan fingerprint density at radius 2 is 1.68 bits per heavy atom. The number of benzene rings is 3. The molecule has 0 heterocycles. The summed E-state index contributed by atoms with van der Waals surface area (Å²) in [5.41, 5.74) is 8.22. The zero-order chi connectivity index (χ0) is 22.0. The first-order valence-corrected chi connectivity index (χ1v) is 19.3. The Bertz CT molecular complexity index is 1100. The molecule has 0 aliphatic heterocycles. The van der Waals surface area contributed by atoms with Crippen molar-refractivity contribution < 1.29 is 19.4 Å². The first-order chi connectivity index (χ1) is 15.0. The van der Waals surface area contributed by atoms with Gasteiger partial charge in [0, 0.05) is 0 Å². The predicted octanol–water partition coefficient (Wildman–Crippen LogP) is 9.96. The number of fused-ring (bicyclic) bond motifs is 2. The van der Waals surface area contributed by atoms with Crippen molar-refractivity contribution in [3.63, 3.8) is 0 Å². The maximum atomic E-state index is 6.78. The summed E-state index contributed by atoms with van der Waals surface area (Å²) in [5, 5.41) is 2.57. The number of hydrogen-bond donors (Lipinski definition) is 0. The molecule has 0 aromatic heterocycles. The molecule has 0 saturated heterocycles. The van der Waals surface area contributed by atoms with Crippen LogP contribution in [0, 0.1) is 0 Å². The Morgan fingerprint density at radius 1 is 0.903 bits per heavy atom. The molecule has 3 aromatic rings. The Labute approximate surface area is 202 Å². The molecule has 4 rings (SSSR count). The second-order valence-electron chi connectivity index (χ2n) is 9.04. The van der Waals surface area contributed by atoms with E-state index in [4.69, 9.17) is 17.0 Å². The quantitative estimate of drug-likeness (QED) is 0.255. The SMILES string of the molecule is CCCCCCC1=Cc2c(-c3ccc4ccccc4c3)cc(C(C)C)cc2[CH]1[Zr]([Cl])[Cl]. The average Bonchev–Trinajstić information content (AvgIpc) is 3.14. The van der Waals surface area contributed by atoms with Gasteiger partial charge in [0.15, 0.2) is 0 Å². The summed E-state index contributed by atoms with van der Waals surface area (Å²) in [7, 11) is 13.6. The summed E-state index contributed by atoms with van der Waals surface area (Å²) in [6, 6.07) is 20.2. The van der Waals surface area contributed by atoms with Crippen LogP contribution in [-0.2, 0) is 19.4 Å². The molecule has 1 atom stereocenters. The second kappa shape index (κ2) is 10.4. The molecule has 1 aliphatic rings. The van der Waals surface area contributed by atoms with Crippen molar-refractivity contribution in [2.45, 2.75) is 62.4 Å². The predicted molar refractivity (Wildman–Crippen MR) is 135 cm³/mol. The number of allylic oxidation sites excluding steroid dienone is 1. The van der Waals surface area contributed by atoms with E-state index in [1.165, 1.54) is 69.8 Å². The van der Waals surface area contributed by atoms with Gasteiger partial charge in [-0.1, -0.05) is 0 Å². The number of rotatable bonds is 8. The molecule has 31 heavy (non-hydrogen) atoms. The van der Waals surface area contributed by atoms with Crippen LogP contribution in [0.2, 0.25) is 0 Å². The van der Waals surface area contributed by atoms with Gasteiger partial charge in [-0.05, 0) is 0 Å². The molecule has 1 unspecified atom stereocenters. The van der Waals surface area contributed by atoms with Crippen LogP contribution in [0.5, 0.6) is 0 Å². The van der Waals surface area contributed by atoms with E-state index in [9.17, 15) is 0 Å². The molecular formula is C28H31Cl2Zr. The van der Waals surface area contributed by atoms with Crippen LogP contribution in [0.25, 0.3) is 28.0 Å². The van der Waals surface area contributed by atoms with E-state index in [0.717, 1.165) is 6.42 Å². The monoisotopic (exact) mass is 527 g/mol. The molecule has 0 amide bonds. The van der Waals surface area contributed by atoms with Crippen LogP contribution >= 0.6 is 17.0 Å². The Morgan fingerprint density at radius 3 is 2.39 bits per heavy atom. The second-order valence-corrected chi connectivity index (χ2v) is 17.8. The average molecular weight is 530 g/mol. The first-order valence-electron chi connectivity index (χ1n) is 11.5. The standard InChI is InChI=1S/C28H31.2ClH.Zr/c1-4-5-6-7-10-21-15-26-18-25(20(2)3)19-28(27(26)16-21)24-14-13-22-11-8-9-12-23(22)17-24;;;/h8-9,11-20H,4-7,10H2,1-3H3;2*1H;/q;;;+2/p-2. The minimum absolute atomic E-state index is 0.292. The first kappa shape index (κ1) is 23.3. The molecule has 1 aliphatic carbocycles. The minimum atomic E-state index is -2.52. The molecule has 3 heteroatoms. The van der Waals surface area contributed by atoms with Crippen molar-refractivity contribution in [1.29, 1.82) is 0 Å². The summed E-state index contributed by atoms with van der Waals surface area (Å²) in [6.07, 6.45) is 8.64. The zero-order valence-corrected chi connectivity index (χ0v) is 22.7. The van der Waals surface area contributed by atoms with E-state index in [1.54, 1.807) is 0 Å². The summed E-state index contributed by atoms with van der Waals surface area (Å²) >= 11 is -2.52. The van der Waals surface area contributed by atoms with Gasteiger partial charge in [0.05, 0.1) is 0 Å². The van der Waals surface area contributed by atoms with Crippen LogP contribution in [0.1, 0.15) is 79.1 Å². The van der Waals surface area contributed by atoms with Gasteiger partial charge in [-0.15, -0.1) is 0 Å². The van der Waals surface area contributed by atoms with Gasteiger partial charge in [0.2, 0.25) is 0 Å². The molecular weight excluding hydrogens is 498 g/mol. The van der Waals surface area contributed by atoms with Crippen molar-refractivity contribution in [2.75, 3.05) is 0 Å². The third-order valence-electron chi connectivity index (χ3n) is 6.51. The zero-order valence-electron chi connectivity index (χ0n) is 18.7. The van der Waals surface area contributed by atoms with Crippen LogP contribution in [0.3, 0.4) is 0 Å². The van der Waals surface area contributed by atoms with E-state index in [1.807, 2.05) is 0 Å². The summed E-state index contributed by atoms with van der Waals surface area (Å²) in [6.45, 7) is 6.81. The molecule has 0 fully saturated rings. The third kappa shape index (κ3) is 5.05. The summed E-state index contributed by atoms with van der Waals surface area (Å²) < 4.78 is 0.292. The van der Waals surface area contributed by atoms with Gasteiger partial charge in [-0.2, -0.15) is 0 Å². The molecule has 3 aromatic carbocycles. The van der Waals surface area contributed by atoms with Gasteiger partial charge in [-0.25, -0.2) is 0 Å². The Balaban J connectivity index is 1.82. The number of unbranched alkanes of at least 4 members (excludes halogenated alkanes) is 3. The van der Waals surface area contributed by atoms with Gasteiger partial charge < -0.3 is 0 Å². The van der Waals surface area contributed by atoms with E-state index in [-0.39, 0.29) is 0 Å². The van der Waals surface area contributed by atoms with Crippen molar-refractivity contribution >= 4 is 33.9 Å². The number of halogens is 2. The van der Waals surface area contributed by atoms with Crippen LogP contribution in [0.4, 0.5) is 0 Å². The van der Waals surface area contributed by atoms with E-state index in [0.29, 0.717) is 9.54 Å². The van der Waals surface area contributed by atoms with Gasteiger partial charge in [-0.3, -0.25) is 0 Å². The third-order valence-corrected chi connectivity index (χ3v) is 11.8. The van der Waals surface area contributed by atoms with Crippen LogP contribution in [0.15, 0.2) is 60.2 Å². The Kier molecular flexibility index (Phi) is 7.79. The fourth-order valence-corrected chi connectivity index (χ4v) is 10.2. The van der Waals surface area contributed by atoms with Crippen molar-refractivity contribution in [1.82, 2.24) is 0 Å². The molecule has 0 nitrogen and oxygen atoms in total. The van der Waals surface area contributed by atoms with Gasteiger partial charge in [0.1, 0.15) is 0 Å². The van der Waals surface area contributed by atoms with E-state index >= 15 is 0 Å². The van der Waals surface area contributed by atoms with Crippen molar-refractivity contribution in [3.05, 3.63) is 76.9 Å². The van der Waals surface area contributed by atoms with Crippen LogP contribution < -0.4 is 0 Å². The molecule has 0 spiro atoms. The van der Waals surface area contributed by atoms with E-state index < -0.39 is 19.4 Å². The molecule has 0 N–H and O–H groups in total. The summed E-state index contributed by atoms with van der Waals surface area (Å²) in [4.78, 5) is 0. The number of hydrogen-bond acceptors (Lipinski definition) is 0. The fraction of sp³-hybridized carbons (Fsp3) is 0.357. The molecule has 0 bridgehead atoms. The molecule has 161 valence electrons. The van der Waals surface area contributed by atoms with Crippen molar-refractivity contribution in [3.8, 4) is 11.1 Å². The van der Waals surface area contributed by atoms with Gasteiger partial charge >= 0.3 is 204 Å². The fourth-order valence-electron chi connectivity index (χ4n) is 4.73. The van der Waals surface area contributed by atoms with Crippen LogP contribution in [-0.4, -0.2) is 0 Å². The van der Waals surface area contributed by atoms with Crippen molar-refractivity contribution in [2.24, 2.45) is 0 Å². The normalized spacial score (nSPS) is 15.4. The molecule has 0 radical (unpaired) electrons. The van der Waals surface area contributed by atoms with E-state index in [2.05, 4.69) is 81.4 Å².